The number of rotatable bonds is 7. The molecule has 0 aliphatic carbocycles. The molecule has 4 aliphatic heterocycles. The van der Waals surface area contributed by atoms with E-state index in [0.717, 1.165) is 17.2 Å². The molecular formula is C43H55ClFN7O8. The lowest BCUT2D eigenvalue weighted by Crippen LogP contribution is -2.64. The predicted octanol–water partition coefficient (Wildman–Crippen LogP) is 3.42. The lowest BCUT2D eigenvalue weighted by Gasteiger charge is -2.41. The van der Waals surface area contributed by atoms with E-state index >= 15 is 0 Å². The monoisotopic (exact) mass is 851 g/mol. The summed E-state index contributed by atoms with van der Waals surface area (Å²) in [5.41, 5.74) is 0.910. The van der Waals surface area contributed by atoms with E-state index in [2.05, 4.69) is 21.3 Å². The summed E-state index contributed by atoms with van der Waals surface area (Å²) >= 11 is 5.90. The lowest BCUT2D eigenvalue weighted by molar-refractivity contribution is -0.155. The highest BCUT2D eigenvalue weighted by molar-refractivity contribution is 6.30. The number of anilines is 1. The fourth-order valence-electron chi connectivity index (χ4n) is 9.14. The average molecular weight is 852 g/mol. The zero-order valence-electron chi connectivity index (χ0n) is 34.7. The third kappa shape index (κ3) is 9.75. The molecule has 7 amide bonds. The highest BCUT2D eigenvalue weighted by Gasteiger charge is 2.50. The first kappa shape index (κ1) is 44.5. The second kappa shape index (κ2) is 18.7. The Balaban J connectivity index is 1.35. The highest BCUT2D eigenvalue weighted by atomic mass is 35.5. The Morgan fingerprint density at radius 1 is 0.950 bits per heavy atom. The molecule has 4 N–H and O–H groups in total. The number of hydrogen-bond donors (Lipinski definition) is 4. The summed E-state index contributed by atoms with van der Waals surface area (Å²) in [7, 11) is 0. The van der Waals surface area contributed by atoms with Gasteiger partial charge >= 0.3 is 6.03 Å². The average Bonchev–Trinajstić information content (AvgIpc) is 3.83. The number of fused-ring (bicyclic) bond motifs is 3. The number of aryl methyl sites for hydroxylation is 2. The quantitative estimate of drug-likeness (QED) is 0.306. The van der Waals surface area contributed by atoms with Gasteiger partial charge < -0.3 is 45.5 Å². The van der Waals surface area contributed by atoms with Crippen molar-refractivity contribution in [2.24, 2.45) is 5.92 Å². The van der Waals surface area contributed by atoms with Crippen LogP contribution in [0.15, 0.2) is 36.4 Å². The normalized spacial score (nSPS) is 28.3. The maximum Gasteiger partial charge on any atom is 0.319 e. The number of nitrogens with zero attached hydrogens (tertiary/aromatic N) is 3. The summed E-state index contributed by atoms with van der Waals surface area (Å²) < 4.78 is 21.0. The Morgan fingerprint density at radius 3 is 2.33 bits per heavy atom. The van der Waals surface area contributed by atoms with Crippen molar-refractivity contribution in [3.05, 3.63) is 63.9 Å². The van der Waals surface area contributed by atoms with Crippen LogP contribution >= 0.6 is 11.6 Å². The molecule has 2 aromatic carbocycles. The summed E-state index contributed by atoms with van der Waals surface area (Å²) in [6, 6.07) is 2.91. The molecule has 4 fully saturated rings. The molecule has 1 unspecified atom stereocenters. The van der Waals surface area contributed by atoms with Gasteiger partial charge in [-0.15, -0.1) is 0 Å². The minimum absolute atomic E-state index is 0.0222. The van der Waals surface area contributed by atoms with Crippen LogP contribution in [0.3, 0.4) is 0 Å². The van der Waals surface area contributed by atoms with Gasteiger partial charge in [0, 0.05) is 31.1 Å². The van der Waals surface area contributed by atoms with Gasteiger partial charge in [-0.05, 0) is 95.9 Å². The van der Waals surface area contributed by atoms with Crippen LogP contribution in [-0.4, -0.2) is 125 Å². The number of benzene rings is 2. The molecular weight excluding hydrogens is 797 g/mol. The van der Waals surface area contributed by atoms with Crippen LogP contribution in [0.4, 0.5) is 14.9 Å². The number of halogens is 2. The molecule has 324 valence electrons. The van der Waals surface area contributed by atoms with E-state index in [-0.39, 0.29) is 55.7 Å². The minimum atomic E-state index is -1.44. The summed E-state index contributed by atoms with van der Waals surface area (Å²) in [5, 5.41) is 10.8. The van der Waals surface area contributed by atoms with Crippen molar-refractivity contribution >= 4 is 59.1 Å². The highest BCUT2D eigenvalue weighted by Crippen LogP contribution is 2.34. The van der Waals surface area contributed by atoms with Crippen LogP contribution in [-0.2, 0) is 39.9 Å². The topological polar surface area (TPSA) is 187 Å². The largest absolute Gasteiger partial charge is 0.373 e. The second-order valence-electron chi connectivity index (χ2n) is 16.9. The Hall–Kier alpha value is -5.09. The van der Waals surface area contributed by atoms with E-state index in [9.17, 15) is 38.0 Å². The van der Waals surface area contributed by atoms with Crippen molar-refractivity contribution in [2.45, 2.75) is 121 Å². The van der Waals surface area contributed by atoms with E-state index < -0.39 is 83.2 Å². The fourth-order valence-corrected chi connectivity index (χ4v) is 9.30. The SMILES string of the molecule is Cc1cc(C)cc(C[C@H](NC(=O)Nc2ccc(Cl)cc2F)C(=O)N[C@@H]2C(=O)N3CCC[C@H]3C(=O)N3CCCC[C@H]3C(=O)N[C@@H](C)C(=O)N3C[C@H](C)CC3(C=O)CO[C@H]2C)c1. The number of piperidine rings is 1. The molecule has 0 saturated carbocycles. The molecule has 60 heavy (non-hydrogen) atoms. The van der Waals surface area contributed by atoms with Crippen molar-refractivity contribution in [3.63, 3.8) is 0 Å². The maximum absolute atomic E-state index is 14.9. The number of carbonyl (C=O) groups is 7. The van der Waals surface area contributed by atoms with Gasteiger partial charge in [0.25, 0.3) is 0 Å². The van der Waals surface area contributed by atoms with Crippen LogP contribution < -0.4 is 21.3 Å². The predicted molar refractivity (Wildman–Crippen MR) is 220 cm³/mol. The number of urea groups is 1. The van der Waals surface area contributed by atoms with Crippen LogP contribution in [0.2, 0.25) is 5.02 Å². The third-order valence-electron chi connectivity index (χ3n) is 12.0. The molecule has 4 saturated heterocycles. The number of hydrogen-bond acceptors (Lipinski definition) is 8. The van der Waals surface area contributed by atoms with Gasteiger partial charge in [0.15, 0.2) is 0 Å². The molecule has 2 aromatic rings. The maximum atomic E-state index is 14.9. The smallest absolute Gasteiger partial charge is 0.319 e. The van der Waals surface area contributed by atoms with Gasteiger partial charge in [0.1, 0.15) is 47.9 Å². The van der Waals surface area contributed by atoms with Gasteiger partial charge in [-0.3, -0.25) is 24.0 Å². The number of nitrogens with one attached hydrogen (secondary N) is 4. The van der Waals surface area contributed by atoms with Crippen molar-refractivity contribution in [1.29, 1.82) is 0 Å². The Labute approximate surface area is 354 Å². The van der Waals surface area contributed by atoms with Gasteiger partial charge in [-0.2, -0.15) is 0 Å². The zero-order chi connectivity index (χ0) is 43.5. The number of ether oxygens (including phenoxy) is 1. The lowest BCUT2D eigenvalue weighted by atomic mass is 9.94. The molecule has 17 heteroatoms. The molecule has 4 heterocycles. The van der Waals surface area contributed by atoms with Crippen LogP contribution in [0, 0.1) is 25.6 Å². The van der Waals surface area contributed by atoms with Crippen LogP contribution in [0.25, 0.3) is 0 Å². The molecule has 4 aliphatic rings. The first-order chi connectivity index (χ1) is 28.5. The first-order valence-corrected chi connectivity index (χ1v) is 21.1. The summed E-state index contributed by atoms with van der Waals surface area (Å²) in [6.45, 7) is 9.15. The van der Waals surface area contributed by atoms with Crippen LogP contribution in [0.5, 0.6) is 0 Å². The van der Waals surface area contributed by atoms with Crippen molar-refractivity contribution in [2.75, 3.05) is 31.6 Å². The van der Waals surface area contributed by atoms with Gasteiger partial charge in [0.05, 0.1) is 18.4 Å². The number of amides is 7. The van der Waals surface area contributed by atoms with Crippen molar-refractivity contribution in [1.82, 2.24) is 30.7 Å². The first-order valence-electron chi connectivity index (χ1n) is 20.7. The number of carbonyl (C=O) groups excluding carboxylic acids is 7. The number of aldehydes is 1. The second-order valence-corrected chi connectivity index (χ2v) is 17.4. The fraction of sp³-hybridized carbons (Fsp3) is 0.558. The van der Waals surface area contributed by atoms with Crippen molar-refractivity contribution in [3.8, 4) is 0 Å². The third-order valence-corrected chi connectivity index (χ3v) is 12.2. The van der Waals surface area contributed by atoms with E-state index in [1.807, 2.05) is 39.0 Å². The molecule has 0 spiro atoms. The summed E-state index contributed by atoms with van der Waals surface area (Å²) in [5.74, 6) is -3.69. The molecule has 15 nitrogen and oxygen atoms in total. The molecule has 0 aromatic heterocycles. The molecule has 0 radical (unpaired) electrons. The van der Waals surface area contributed by atoms with E-state index in [4.69, 9.17) is 16.3 Å². The van der Waals surface area contributed by atoms with E-state index in [1.165, 1.54) is 26.8 Å². The molecule has 6 rings (SSSR count). The van der Waals surface area contributed by atoms with E-state index in [0.29, 0.717) is 44.0 Å². The Kier molecular flexibility index (Phi) is 13.8. The van der Waals surface area contributed by atoms with Gasteiger partial charge in [-0.25, -0.2) is 9.18 Å². The minimum Gasteiger partial charge on any atom is -0.373 e. The van der Waals surface area contributed by atoms with Gasteiger partial charge in [0.2, 0.25) is 29.5 Å². The zero-order valence-corrected chi connectivity index (χ0v) is 35.5. The summed E-state index contributed by atoms with van der Waals surface area (Å²) in [6.07, 6.45) is 2.28. The Morgan fingerprint density at radius 2 is 1.63 bits per heavy atom. The standard InChI is InChI=1S/C43H55ClFN7O8/c1-24-15-25(2)17-29(16-24)18-33(48-42(59)47-32-12-11-30(44)19-31(32)45)37(54)49-36-28(5)60-23-43(22-53)20-26(3)21-52(43)39(56)27(4)46-38(55)34-9-6-7-13-50(34)40(57)35-10-8-14-51(35)41(36)58/h11-12,15-17,19,22,26-28,33-36H,6-10,13-14,18,20-21,23H2,1-5H3,(H,46,55)(H,49,54)(H2,47,48,59)/t26-,27+,28+,33+,34+,35+,36+,43?/m1/s1. The Bertz CT molecular complexity index is 2000. The molecule has 0 bridgehead atoms. The van der Waals surface area contributed by atoms with Crippen molar-refractivity contribution < 1.29 is 42.7 Å². The van der Waals surface area contributed by atoms with E-state index in [1.54, 1.807) is 13.8 Å². The van der Waals surface area contributed by atoms with Crippen LogP contribution in [0.1, 0.15) is 76.0 Å². The van der Waals surface area contributed by atoms with Gasteiger partial charge in [-0.1, -0.05) is 47.9 Å². The molecule has 8 atom stereocenters. The summed E-state index contributed by atoms with van der Waals surface area (Å²) in [4.78, 5) is 102.